The molecule has 1 fully saturated rings. The number of benzene rings is 1. The third kappa shape index (κ3) is 3.80. The smallest absolute Gasteiger partial charge is 0.337 e. The molecular weight excluding hydrogens is 318 g/mol. The first kappa shape index (κ1) is 17.7. The number of carboxylic acid groups (broad SMARTS) is 1. The Morgan fingerprint density at radius 1 is 1.43 bits per heavy atom. The quantitative estimate of drug-likeness (QED) is 0.774. The number of hydrogen-bond acceptors (Lipinski definition) is 4. The third-order valence-corrected chi connectivity index (χ3v) is 5.69. The summed E-state index contributed by atoms with van der Waals surface area (Å²) in [5, 5.41) is 9.35. The molecule has 23 heavy (non-hydrogen) atoms. The second kappa shape index (κ2) is 6.82. The van der Waals surface area contributed by atoms with Gasteiger partial charge >= 0.3 is 5.97 Å². The fourth-order valence-corrected chi connectivity index (χ4v) is 4.61. The average molecular weight is 339 g/mol. The molecule has 0 saturated carbocycles. The molecule has 1 saturated heterocycles. The third-order valence-electron chi connectivity index (χ3n) is 4.07. The molecule has 1 heterocycles. The van der Waals surface area contributed by atoms with E-state index >= 15 is 0 Å². The van der Waals surface area contributed by atoms with E-state index in [1.165, 1.54) is 6.07 Å². The number of nitrogens with one attached hydrogen (secondary N) is 1. The molecule has 0 atom stereocenters. The minimum atomic E-state index is -3.97. The van der Waals surface area contributed by atoms with E-state index in [-0.39, 0.29) is 10.5 Å². The van der Waals surface area contributed by atoms with Gasteiger partial charge in [-0.2, -0.15) is 0 Å². The van der Waals surface area contributed by atoms with Gasteiger partial charge in [0, 0.05) is 18.8 Å². The Balaban J connectivity index is 2.44. The summed E-state index contributed by atoms with van der Waals surface area (Å²) in [6, 6.07) is 4.44. The number of ether oxygens (including phenoxy) is 1. The second-order valence-electron chi connectivity index (χ2n) is 5.74. The predicted molar refractivity (Wildman–Crippen MR) is 86.1 cm³/mol. The van der Waals surface area contributed by atoms with Gasteiger partial charge in [-0.3, -0.25) is 0 Å². The summed E-state index contributed by atoms with van der Waals surface area (Å²) in [5.41, 5.74) is -0.468. The van der Waals surface area contributed by atoms with E-state index in [4.69, 9.17) is 4.74 Å². The first-order valence-corrected chi connectivity index (χ1v) is 8.85. The van der Waals surface area contributed by atoms with Gasteiger partial charge in [-0.15, -0.1) is 6.58 Å². The summed E-state index contributed by atoms with van der Waals surface area (Å²) in [4.78, 5) is 11.3. The van der Waals surface area contributed by atoms with Crippen molar-refractivity contribution in [3.05, 3.63) is 42.0 Å². The summed E-state index contributed by atoms with van der Waals surface area (Å²) >= 11 is 0. The highest BCUT2D eigenvalue weighted by Crippen LogP contribution is 2.29. The Bertz CT molecular complexity index is 705. The normalized spacial score (nSPS) is 17.6. The summed E-state index contributed by atoms with van der Waals surface area (Å²) in [7, 11) is -3.97. The van der Waals surface area contributed by atoms with Gasteiger partial charge in [0.2, 0.25) is 10.0 Å². The van der Waals surface area contributed by atoms with Crippen molar-refractivity contribution in [2.24, 2.45) is 0 Å². The molecule has 0 aromatic heterocycles. The number of hydrogen-bond donors (Lipinski definition) is 2. The van der Waals surface area contributed by atoms with Crippen LogP contribution in [-0.2, 0) is 14.8 Å². The lowest BCUT2D eigenvalue weighted by atomic mass is 9.88. The van der Waals surface area contributed by atoms with E-state index in [1.807, 2.05) is 0 Å². The lowest BCUT2D eigenvalue weighted by Gasteiger charge is -2.37. The summed E-state index contributed by atoms with van der Waals surface area (Å²) in [6.45, 7) is 6.18. The maximum Gasteiger partial charge on any atom is 0.337 e. The molecule has 2 N–H and O–H groups in total. The topological polar surface area (TPSA) is 92.7 Å². The molecule has 1 aliphatic rings. The van der Waals surface area contributed by atoms with Gasteiger partial charge in [0.05, 0.1) is 10.5 Å². The van der Waals surface area contributed by atoms with Gasteiger partial charge in [0.25, 0.3) is 0 Å². The van der Waals surface area contributed by atoms with Crippen LogP contribution in [0.4, 0.5) is 0 Å². The first-order valence-electron chi connectivity index (χ1n) is 7.37. The number of rotatable bonds is 6. The Hall–Kier alpha value is -1.70. The highest BCUT2D eigenvalue weighted by molar-refractivity contribution is 7.89. The van der Waals surface area contributed by atoms with Crippen LogP contribution in [0, 0.1) is 6.92 Å². The minimum absolute atomic E-state index is 0.194. The number of sulfonamides is 1. The van der Waals surface area contributed by atoms with Crippen LogP contribution in [0.1, 0.15) is 35.2 Å². The molecule has 6 nitrogen and oxygen atoms in total. The Kier molecular flexibility index (Phi) is 5.23. The van der Waals surface area contributed by atoms with Crippen LogP contribution in [0.5, 0.6) is 0 Å². The standard InChI is InChI=1S/C16H21NO5S/c1-3-7-16(8-10-22-11-9-16)17-23(20,21)13-6-4-5-12(2)14(13)15(18)19/h3-6,17H,1,7-11H2,2H3,(H,18,19). The van der Waals surface area contributed by atoms with Crippen molar-refractivity contribution in [2.45, 2.75) is 36.6 Å². The Labute approximate surface area is 136 Å². The van der Waals surface area contributed by atoms with E-state index in [0.29, 0.717) is 38.0 Å². The molecule has 2 rings (SSSR count). The highest BCUT2D eigenvalue weighted by Gasteiger charge is 2.37. The fraction of sp³-hybridized carbons (Fsp3) is 0.438. The van der Waals surface area contributed by atoms with E-state index in [2.05, 4.69) is 11.3 Å². The first-order chi connectivity index (χ1) is 10.8. The van der Waals surface area contributed by atoms with Crippen molar-refractivity contribution in [1.82, 2.24) is 4.72 Å². The Morgan fingerprint density at radius 2 is 2.09 bits per heavy atom. The number of aromatic carboxylic acids is 1. The van der Waals surface area contributed by atoms with Gasteiger partial charge in [0.15, 0.2) is 0 Å². The SMILES string of the molecule is C=CCC1(NS(=O)(=O)c2cccc(C)c2C(=O)O)CCOCC1. The monoisotopic (exact) mass is 339 g/mol. The molecule has 0 aliphatic carbocycles. The number of carbonyl (C=O) groups is 1. The molecule has 0 amide bonds. The largest absolute Gasteiger partial charge is 0.478 e. The molecule has 1 aromatic rings. The van der Waals surface area contributed by atoms with Crippen LogP contribution in [-0.4, -0.2) is 38.2 Å². The fourth-order valence-electron chi connectivity index (χ4n) is 2.87. The molecule has 0 spiro atoms. The van der Waals surface area contributed by atoms with Crippen molar-refractivity contribution in [3.63, 3.8) is 0 Å². The Morgan fingerprint density at radius 3 is 2.65 bits per heavy atom. The van der Waals surface area contributed by atoms with Crippen molar-refractivity contribution in [1.29, 1.82) is 0 Å². The molecule has 0 radical (unpaired) electrons. The zero-order chi connectivity index (χ0) is 17.1. The molecule has 0 bridgehead atoms. The van der Waals surface area contributed by atoms with Crippen LogP contribution < -0.4 is 4.72 Å². The van der Waals surface area contributed by atoms with Crippen molar-refractivity contribution in [2.75, 3.05) is 13.2 Å². The molecule has 126 valence electrons. The van der Waals surface area contributed by atoms with E-state index in [0.717, 1.165) is 0 Å². The van der Waals surface area contributed by atoms with Crippen LogP contribution in [0.2, 0.25) is 0 Å². The summed E-state index contributed by atoms with van der Waals surface area (Å²) < 4.78 is 33.6. The second-order valence-corrected chi connectivity index (χ2v) is 7.40. The zero-order valence-electron chi connectivity index (χ0n) is 13.0. The molecule has 0 unspecified atom stereocenters. The molecule has 1 aromatic carbocycles. The van der Waals surface area contributed by atoms with Crippen LogP contribution >= 0.6 is 0 Å². The van der Waals surface area contributed by atoms with E-state index in [9.17, 15) is 18.3 Å². The maximum atomic E-state index is 12.8. The highest BCUT2D eigenvalue weighted by atomic mass is 32.2. The number of aryl methyl sites for hydroxylation is 1. The van der Waals surface area contributed by atoms with Crippen molar-refractivity contribution in [3.8, 4) is 0 Å². The van der Waals surface area contributed by atoms with Gasteiger partial charge in [-0.25, -0.2) is 17.9 Å². The van der Waals surface area contributed by atoms with Crippen molar-refractivity contribution >= 4 is 16.0 Å². The number of carboxylic acids is 1. The summed E-state index contributed by atoms with van der Waals surface area (Å²) in [5.74, 6) is -1.26. The summed E-state index contributed by atoms with van der Waals surface area (Å²) in [6.07, 6.45) is 3.17. The lowest BCUT2D eigenvalue weighted by Crippen LogP contribution is -2.51. The average Bonchev–Trinajstić information content (AvgIpc) is 2.47. The maximum absolute atomic E-state index is 12.8. The van der Waals surface area contributed by atoms with Gasteiger partial charge < -0.3 is 9.84 Å². The predicted octanol–water partition coefficient (Wildman–Crippen LogP) is 2.10. The zero-order valence-corrected chi connectivity index (χ0v) is 13.9. The van der Waals surface area contributed by atoms with Crippen LogP contribution in [0.15, 0.2) is 35.7 Å². The van der Waals surface area contributed by atoms with E-state index < -0.39 is 21.5 Å². The van der Waals surface area contributed by atoms with Crippen molar-refractivity contribution < 1.29 is 23.1 Å². The molecule has 7 heteroatoms. The van der Waals surface area contributed by atoms with Crippen LogP contribution in [0.25, 0.3) is 0 Å². The molecule has 1 aliphatic heterocycles. The molecular formula is C16H21NO5S. The minimum Gasteiger partial charge on any atom is -0.478 e. The van der Waals surface area contributed by atoms with E-state index in [1.54, 1.807) is 25.1 Å². The lowest BCUT2D eigenvalue weighted by molar-refractivity contribution is 0.0481. The van der Waals surface area contributed by atoms with Gasteiger partial charge in [-0.1, -0.05) is 18.2 Å². The van der Waals surface area contributed by atoms with Gasteiger partial charge in [-0.05, 0) is 37.8 Å². The van der Waals surface area contributed by atoms with Crippen LogP contribution in [0.3, 0.4) is 0 Å². The van der Waals surface area contributed by atoms with Gasteiger partial charge in [0.1, 0.15) is 0 Å².